The first-order valence-electron chi connectivity index (χ1n) is 10.8. The van der Waals surface area contributed by atoms with Gasteiger partial charge in [-0.15, -0.1) is 16.9 Å². The van der Waals surface area contributed by atoms with Crippen LogP contribution in [0.15, 0.2) is 51.9 Å². The fourth-order valence-corrected chi connectivity index (χ4v) is 6.36. The SMILES string of the molecule is Cn1nnnc1SCC1=C(C(=O)O)N2C(=O)C(NC(=O)/C(=N\Oc3ccccc3)c3nsc(N)n3)[C@H]2SC1. The molecule has 15 nitrogen and oxygen atoms in total. The van der Waals surface area contributed by atoms with E-state index in [0.29, 0.717) is 22.2 Å². The van der Waals surface area contributed by atoms with Gasteiger partial charge in [-0.3, -0.25) is 14.5 Å². The van der Waals surface area contributed by atoms with E-state index >= 15 is 0 Å². The molecular formula is C20H18N10O5S3. The van der Waals surface area contributed by atoms with Crippen LogP contribution in [0.25, 0.3) is 0 Å². The average Bonchev–Trinajstić information content (AvgIpc) is 3.53. The third kappa shape index (κ3) is 5.04. The van der Waals surface area contributed by atoms with Crippen LogP contribution >= 0.6 is 35.1 Å². The monoisotopic (exact) mass is 574 g/mol. The van der Waals surface area contributed by atoms with Crippen molar-refractivity contribution in [1.82, 2.24) is 39.8 Å². The number of carbonyl (C=O) groups is 3. The molecule has 2 amide bonds. The molecule has 0 bridgehead atoms. The minimum atomic E-state index is -1.24. The molecule has 0 aliphatic carbocycles. The number of nitrogen functional groups attached to an aromatic ring is 1. The molecule has 196 valence electrons. The molecule has 3 aromatic rings. The Morgan fingerprint density at radius 2 is 2.13 bits per heavy atom. The maximum atomic E-state index is 13.2. The maximum absolute atomic E-state index is 13.2. The lowest BCUT2D eigenvalue weighted by molar-refractivity contribution is -0.150. The number of carboxylic acid groups (broad SMARTS) is 1. The van der Waals surface area contributed by atoms with Crippen molar-refractivity contribution in [3.05, 3.63) is 47.4 Å². The van der Waals surface area contributed by atoms with Gasteiger partial charge < -0.3 is 21.0 Å². The number of anilines is 1. The molecule has 0 spiro atoms. The summed E-state index contributed by atoms with van der Waals surface area (Å²) in [5.41, 5.74) is 5.83. The lowest BCUT2D eigenvalue weighted by atomic mass is 10.0. The van der Waals surface area contributed by atoms with Crippen molar-refractivity contribution in [2.24, 2.45) is 12.2 Å². The van der Waals surface area contributed by atoms with Crippen LogP contribution in [0.1, 0.15) is 5.82 Å². The van der Waals surface area contributed by atoms with E-state index in [0.717, 1.165) is 11.5 Å². The molecule has 0 radical (unpaired) electrons. The van der Waals surface area contributed by atoms with E-state index in [-0.39, 0.29) is 28.1 Å². The smallest absolute Gasteiger partial charge is 0.352 e. The van der Waals surface area contributed by atoms with Gasteiger partial charge in [-0.25, -0.2) is 9.48 Å². The minimum absolute atomic E-state index is 0.0652. The number of para-hydroxylation sites is 1. The molecule has 0 saturated carbocycles. The molecule has 5 rings (SSSR count). The highest BCUT2D eigenvalue weighted by atomic mass is 32.2. The third-order valence-corrected chi connectivity index (χ3v) is 8.33. The Bertz CT molecular complexity index is 1460. The Balaban J connectivity index is 1.33. The zero-order chi connectivity index (χ0) is 26.8. The second-order valence-corrected chi connectivity index (χ2v) is 10.6. The van der Waals surface area contributed by atoms with Crippen molar-refractivity contribution in [1.29, 1.82) is 0 Å². The number of nitrogens with one attached hydrogen (secondary N) is 1. The summed E-state index contributed by atoms with van der Waals surface area (Å²) < 4.78 is 5.49. The van der Waals surface area contributed by atoms with Gasteiger partial charge in [-0.2, -0.15) is 9.36 Å². The van der Waals surface area contributed by atoms with Gasteiger partial charge in [0.25, 0.3) is 11.8 Å². The van der Waals surface area contributed by atoms with E-state index in [1.807, 2.05) is 0 Å². The Labute approximate surface area is 226 Å². The first-order valence-corrected chi connectivity index (χ1v) is 13.6. The van der Waals surface area contributed by atoms with Crippen molar-refractivity contribution in [3.8, 4) is 5.75 Å². The lowest BCUT2D eigenvalue weighted by Crippen LogP contribution is -2.71. The number of rotatable bonds is 9. The van der Waals surface area contributed by atoms with Gasteiger partial charge in [0.2, 0.25) is 16.7 Å². The lowest BCUT2D eigenvalue weighted by Gasteiger charge is -2.49. The average molecular weight is 575 g/mol. The van der Waals surface area contributed by atoms with Crippen LogP contribution in [-0.2, 0) is 21.4 Å². The molecule has 2 aliphatic heterocycles. The Morgan fingerprint density at radius 1 is 1.34 bits per heavy atom. The van der Waals surface area contributed by atoms with E-state index < -0.39 is 29.2 Å². The molecule has 1 aromatic carbocycles. The van der Waals surface area contributed by atoms with Crippen LogP contribution in [0.4, 0.5) is 5.13 Å². The molecule has 4 N–H and O–H groups in total. The molecule has 1 fully saturated rings. The molecule has 2 atom stereocenters. The van der Waals surface area contributed by atoms with Crippen molar-refractivity contribution < 1.29 is 24.3 Å². The van der Waals surface area contributed by atoms with Gasteiger partial charge in [-0.1, -0.05) is 35.1 Å². The summed E-state index contributed by atoms with van der Waals surface area (Å²) in [6.45, 7) is 0. The zero-order valence-corrected chi connectivity index (χ0v) is 21.9. The number of hydrogen-bond acceptors (Lipinski definition) is 14. The van der Waals surface area contributed by atoms with Gasteiger partial charge in [0.1, 0.15) is 17.1 Å². The predicted molar refractivity (Wildman–Crippen MR) is 137 cm³/mol. The summed E-state index contributed by atoms with van der Waals surface area (Å²) >= 11 is 3.47. The molecule has 38 heavy (non-hydrogen) atoms. The van der Waals surface area contributed by atoms with E-state index in [1.165, 1.54) is 33.1 Å². The van der Waals surface area contributed by atoms with Crippen molar-refractivity contribution in [2.45, 2.75) is 16.6 Å². The van der Waals surface area contributed by atoms with Gasteiger partial charge in [0.15, 0.2) is 10.9 Å². The molecule has 1 saturated heterocycles. The Morgan fingerprint density at radius 3 is 2.79 bits per heavy atom. The Kier molecular flexibility index (Phi) is 7.25. The summed E-state index contributed by atoms with van der Waals surface area (Å²) in [5.74, 6) is -1.65. The van der Waals surface area contributed by atoms with Crippen LogP contribution in [0.5, 0.6) is 5.75 Å². The third-order valence-electron chi connectivity index (χ3n) is 5.35. The number of aliphatic carboxylic acids is 1. The summed E-state index contributed by atoms with van der Waals surface area (Å²) in [5, 5.41) is 27.6. The number of carbonyl (C=O) groups excluding carboxylic acids is 2. The van der Waals surface area contributed by atoms with Crippen LogP contribution in [-0.4, -0.2) is 86.0 Å². The number of benzene rings is 1. The van der Waals surface area contributed by atoms with Crippen LogP contribution < -0.4 is 15.9 Å². The van der Waals surface area contributed by atoms with Crippen LogP contribution in [0.3, 0.4) is 0 Å². The number of carboxylic acids is 1. The number of aryl methyl sites for hydroxylation is 1. The van der Waals surface area contributed by atoms with E-state index in [1.54, 1.807) is 37.4 Å². The highest BCUT2D eigenvalue weighted by Gasteiger charge is 2.54. The molecular weight excluding hydrogens is 556 g/mol. The van der Waals surface area contributed by atoms with Gasteiger partial charge in [0.05, 0.1) is 0 Å². The quantitative estimate of drug-likeness (QED) is 0.133. The van der Waals surface area contributed by atoms with Crippen LogP contribution in [0.2, 0.25) is 0 Å². The highest BCUT2D eigenvalue weighted by Crippen LogP contribution is 2.41. The van der Waals surface area contributed by atoms with E-state index in [9.17, 15) is 19.5 Å². The molecule has 2 aromatic heterocycles. The number of nitrogens with zero attached hydrogens (tertiary/aromatic N) is 8. The van der Waals surface area contributed by atoms with Crippen molar-refractivity contribution in [3.63, 3.8) is 0 Å². The maximum Gasteiger partial charge on any atom is 0.352 e. The van der Waals surface area contributed by atoms with E-state index in [4.69, 9.17) is 10.6 Å². The van der Waals surface area contributed by atoms with Gasteiger partial charge in [0, 0.05) is 30.1 Å². The van der Waals surface area contributed by atoms with E-state index in [2.05, 4.69) is 35.4 Å². The number of thioether (sulfide) groups is 2. The number of β-lactam (4-membered cyclic amide) rings is 1. The number of hydrogen-bond donors (Lipinski definition) is 3. The number of amides is 2. The molecule has 1 unspecified atom stereocenters. The van der Waals surface area contributed by atoms with Gasteiger partial charge in [-0.05, 0) is 28.1 Å². The largest absolute Gasteiger partial charge is 0.477 e. The fourth-order valence-electron chi connectivity index (χ4n) is 3.59. The highest BCUT2D eigenvalue weighted by molar-refractivity contribution is 8.01. The fraction of sp³-hybridized carbons (Fsp3) is 0.250. The second kappa shape index (κ2) is 10.8. The summed E-state index contributed by atoms with van der Waals surface area (Å²) in [7, 11) is 1.67. The standard InChI is InChI=1S/C20H18N10O5S3/c1-29-20(24-27-28-29)37-8-9-7-36-17-12(16(32)30(17)13(9)18(33)34)22-15(31)11(14-23-19(21)38-26-14)25-35-10-5-3-2-4-6-10/h2-6,12,17H,7-8H2,1H3,(H,22,31)(H,33,34)(H2,21,23,26)/b25-11-/t12?,17-/m1/s1. The summed E-state index contributed by atoms with van der Waals surface area (Å²) in [6.07, 6.45) is 0. The number of oxime groups is 1. The van der Waals surface area contributed by atoms with Crippen LogP contribution in [0, 0.1) is 0 Å². The number of nitrogens with two attached hydrogens (primary N) is 1. The van der Waals surface area contributed by atoms with Gasteiger partial charge >= 0.3 is 5.97 Å². The first kappa shape index (κ1) is 25.6. The number of tetrazole rings is 1. The second-order valence-electron chi connectivity index (χ2n) is 7.79. The number of aromatic nitrogens is 6. The topological polar surface area (TPSA) is 204 Å². The first-order chi connectivity index (χ1) is 18.3. The minimum Gasteiger partial charge on any atom is -0.477 e. The number of fused-ring (bicyclic) bond motifs is 1. The normalized spacial score (nSPS) is 19.1. The summed E-state index contributed by atoms with van der Waals surface area (Å²) in [6, 6.07) is 7.55. The summed E-state index contributed by atoms with van der Waals surface area (Å²) in [4.78, 5) is 48.9. The molecule has 2 aliphatic rings. The molecule has 4 heterocycles. The predicted octanol–water partition coefficient (Wildman–Crippen LogP) is -0.0422. The zero-order valence-electron chi connectivity index (χ0n) is 19.4. The Hall–Kier alpha value is -4.03. The van der Waals surface area contributed by atoms with Crippen molar-refractivity contribution >= 4 is 63.7 Å². The molecule has 18 heteroatoms. The van der Waals surface area contributed by atoms with Crippen molar-refractivity contribution in [2.75, 3.05) is 17.2 Å².